The number of carbonyl (C=O) groups is 2. The van der Waals surface area contributed by atoms with Crippen molar-refractivity contribution in [3.63, 3.8) is 0 Å². The summed E-state index contributed by atoms with van der Waals surface area (Å²) in [7, 11) is 0. The summed E-state index contributed by atoms with van der Waals surface area (Å²) in [6.45, 7) is 1.25. The van der Waals surface area contributed by atoms with Crippen molar-refractivity contribution in [3.8, 4) is 0 Å². The quantitative estimate of drug-likeness (QED) is 0.869. The highest BCUT2D eigenvalue weighted by molar-refractivity contribution is 6.35. The molecule has 1 saturated heterocycles. The van der Waals surface area contributed by atoms with Gasteiger partial charge in [0.05, 0.1) is 22.7 Å². The molecule has 23 heavy (non-hydrogen) atoms. The number of fused-ring (bicyclic) bond motifs is 1. The molecular weight excluding hydrogens is 339 g/mol. The molecule has 0 radical (unpaired) electrons. The van der Waals surface area contributed by atoms with Crippen molar-refractivity contribution in [2.75, 3.05) is 25.0 Å². The topological polar surface area (TPSA) is 69.6 Å². The van der Waals surface area contributed by atoms with E-state index >= 15 is 0 Å². The third-order valence-electron chi connectivity index (χ3n) is 4.94. The molecule has 124 valence electrons. The van der Waals surface area contributed by atoms with E-state index in [9.17, 15) is 14.7 Å². The Morgan fingerprint density at radius 2 is 2.17 bits per heavy atom. The molecule has 2 aliphatic rings. The van der Waals surface area contributed by atoms with Crippen LogP contribution in [0.4, 0.5) is 5.69 Å². The van der Waals surface area contributed by atoms with E-state index in [2.05, 4.69) is 5.32 Å². The summed E-state index contributed by atoms with van der Waals surface area (Å²) >= 11 is 11.9. The average Bonchev–Trinajstić information content (AvgIpc) is 3.00. The zero-order valence-electron chi connectivity index (χ0n) is 12.5. The van der Waals surface area contributed by atoms with Gasteiger partial charge in [0, 0.05) is 18.1 Å². The Kier molecular flexibility index (Phi) is 4.54. The molecule has 0 aromatic heterocycles. The smallest absolute Gasteiger partial charge is 0.311 e. The fourth-order valence-corrected chi connectivity index (χ4v) is 4.19. The second-order valence-electron chi connectivity index (χ2n) is 6.39. The number of nitrogens with zero attached hydrogens (tertiary/aromatic N) is 1. The fraction of sp³-hybridized carbons (Fsp3) is 0.500. The van der Waals surface area contributed by atoms with Crippen LogP contribution in [0.15, 0.2) is 18.2 Å². The van der Waals surface area contributed by atoms with Crippen molar-refractivity contribution < 1.29 is 14.7 Å². The number of carboxylic acid groups (broad SMARTS) is 1. The van der Waals surface area contributed by atoms with Gasteiger partial charge in [-0.15, -0.1) is 0 Å². The molecule has 1 aliphatic heterocycles. The maximum atomic E-state index is 12.2. The lowest BCUT2D eigenvalue weighted by molar-refractivity contribution is -0.149. The van der Waals surface area contributed by atoms with Crippen LogP contribution in [0.2, 0.25) is 10.0 Å². The lowest BCUT2D eigenvalue weighted by Crippen LogP contribution is -2.37. The third kappa shape index (κ3) is 3.18. The van der Waals surface area contributed by atoms with Crippen LogP contribution in [0.25, 0.3) is 0 Å². The molecule has 5 nitrogen and oxygen atoms in total. The number of benzene rings is 1. The summed E-state index contributed by atoms with van der Waals surface area (Å²) in [6.07, 6.45) is 2.57. The first-order valence-electron chi connectivity index (χ1n) is 7.61. The number of hydrogen-bond acceptors (Lipinski definition) is 3. The predicted octanol–water partition coefficient (Wildman–Crippen LogP) is 3.12. The van der Waals surface area contributed by atoms with Gasteiger partial charge < -0.3 is 10.4 Å². The van der Waals surface area contributed by atoms with E-state index in [0.717, 1.165) is 12.8 Å². The molecule has 1 aromatic carbocycles. The van der Waals surface area contributed by atoms with Gasteiger partial charge in [0.15, 0.2) is 0 Å². The first-order valence-corrected chi connectivity index (χ1v) is 8.37. The molecule has 1 aliphatic carbocycles. The molecule has 1 saturated carbocycles. The van der Waals surface area contributed by atoms with Gasteiger partial charge in [0.25, 0.3) is 0 Å². The lowest BCUT2D eigenvalue weighted by atomic mass is 9.81. The van der Waals surface area contributed by atoms with Crippen LogP contribution < -0.4 is 5.32 Å². The Morgan fingerprint density at radius 1 is 1.39 bits per heavy atom. The van der Waals surface area contributed by atoms with Gasteiger partial charge in [-0.2, -0.15) is 0 Å². The first kappa shape index (κ1) is 16.6. The number of halogens is 2. The van der Waals surface area contributed by atoms with E-state index in [1.54, 1.807) is 18.2 Å². The molecule has 0 unspecified atom stereocenters. The number of nitrogens with one attached hydrogen (secondary N) is 1. The standard InChI is InChI=1S/C16H18Cl2N2O3/c17-11-3-4-12(18)13(6-11)19-14(21)8-20-7-10-2-1-5-16(10,9-20)15(22)23/h3-4,6,10H,1-2,5,7-9H2,(H,19,21)(H,22,23)/t10-,16+/m0/s1. The van der Waals surface area contributed by atoms with Crippen LogP contribution in [0, 0.1) is 11.3 Å². The molecule has 0 bridgehead atoms. The number of carbonyl (C=O) groups excluding carboxylic acids is 1. The molecule has 0 spiro atoms. The van der Waals surface area contributed by atoms with E-state index in [-0.39, 0.29) is 18.4 Å². The molecule has 3 rings (SSSR count). The maximum Gasteiger partial charge on any atom is 0.311 e. The van der Waals surface area contributed by atoms with Gasteiger partial charge in [0.2, 0.25) is 5.91 Å². The second-order valence-corrected chi connectivity index (χ2v) is 7.24. The fourth-order valence-electron chi connectivity index (χ4n) is 3.85. The normalized spacial score (nSPS) is 27.0. The molecule has 2 fully saturated rings. The highest BCUT2D eigenvalue weighted by Crippen LogP contribution is 2.48. The van der Waals surface area contributed by atoms with Crippen LogP contribution in [-0.2, 0) is 9.59 Å². The van der Waals surface area contributed by atoms with E-state index < -0.39 is 11.4 Å². The van der Waals surface area contributed by atoms with Crippen molar-refractivity contribution in [1.82, 2.24) is 4.90 Å². The lowest BCUT2D eigenvalue weighted by Gasteiger charge is -2.23. The zero-order valence-corrected chi connectivity index (χ0v) is 14.0. The minimum Gasteiger partial charge on any atom is -0.481 e. The Labute approximate surface area is 144 Å². The highest BCUT2D eigenvalue weighted by Gasteiger charge is 2.54. The summed E-state index contributed by atoms with van der Waals surface area (Å²) in [5, 5.41) is 13.2. The predicted molar refractivity (Wildman–Crippen MR) is 88.9 cm³/mol. The number of hydrogen-bond donors (Lipinski definition) is 2. The van der Waals surface area contributed by atoms with E-state index in [1.165, 1.54) is 0 Å². The minimum absolute atomic E-state index is 0.141. The molecule has 7 heteroatoms. The van der Waals surface area contributed by atoms with Gasteiger partial charge in [-0.05, 0) is 37.0 Å². The molecular formula is C16H18Cl2N2O3. The molecule has 2 atom stereocenters. The Hall–Kier alpha value is -1.30. The van der Waals surface area contributed by atoms with Crippen molar-refractivity contribution in [2.45, 2.75) is 19.3 Å². The largest absolute Gasteiger partial charge is 0.481 e. The monoisotopic (exact) mass is 356 g/mol. The van der Waals surface area contributed by atoms with Crippen LogP contribution in [0.5, 0.6) is 0 Å². The van der Waals surface area contributed by atoms with Crippen molar-refractivity contribution >= 4 is 40.8 Å². The van der Waals surface area contributed by atoms with Gasteiger partial charge in [0.1, 0.15) is 0 Å². The number of likely N-dealkylation sites (tertiary alicyclic amines) is 1. The summed E-state index contributed by atoms with van der Waals surface area (Å²) in [5.74, 6) is -0.807. The third-order valence-corrected chi connectivity index (χ3v) is 5.50. The van der Waals surface area contributed by atoms with Gasteiger partial charge in [-0.25, -0.2) is 0 Å². The molecule has 2 N–H and O–H groups in total. The van der Waals surface area contributed by atoms with E-state index in [0.29, 0.717) is 35.2 Å². The second kappa shape index (κ2) is 6.30. The van der Waals surface area contributed by atoms with Crippen molar-refractivity contribution in [2.24, 2.45) is 11.3 Å². The van der Waals surface area contributed by atoms with Crippen LogP contribution in [0.1, 0.15) is 19.3 Å². The van der Waals surface area contributed by atoms with E-state index in [1.807, 2.05) is 4.90 Å². The summed E-state index contributed by atoms with van der Waals surface area (Å²) < 4.78 is 0. The average molecular weight is 357 g/mol. The highest BCUT2D eigenvalue weighted by atomic mass is 35.5. The number of carboxylic acids is 1. The molecule has 1 aromatic rings. The van der Waals surface area contributed by atoms with Gasteiger partial charge in [-0.3, -0.25) is 14.5 Å². The summed E-state index contributed by atoms with van der Waals surface area (Å²) in [6, 6.07) is 4.87. The SMILES string of the molecule is O=C(CN1C[C@@H]2CCC[C@@]2(C(=O)O)C1)Nc1cc(Cl)ccc1Cl. The number of aliphatic carboxylic acids is 1. The number of anilines is 1. The van der Waals surface area contributed by atoms with Crippen LogP contribution in [0.3, 0.4) is 0 Å². The van der Waals surface area contributed by atoms with Gasteiger partial charge in [-0.1, -0.05) is 29.6 Å². The molecule has 1 heterocycles. The van der Waals surface area contributed by atoms with Crippen molar-refractivity contribution in [3.05, 3.63) is 28.2 Å². The Bertz CT molecular complexity index is 652. The summed E-state index contributed by atoms with van der Waals surface area (Å²) in [4.78, 5) is 25.8. The van der Waals surface area contributed by atoms with E-state index in [4.69, 9.17) is 23.2 Å². The Morgan fingerprint density at radius 3 is 2.87 bits per heavy atom. The minimum atomic E-state index is -0.735. The van der Waals surface area contributed by atoms with Crippen molar-refractivity contribution in [1.29, 1.82) is 0 Å². The maximum absolute atomic E-state index is 12.2. The Balaban J connectivity index is 1.63. The summed E-state index contributed by atoms with van der Waals surface area (Å²) in [5.41, 5.74) is -0.204. The zero-order chi connectivity index (χ0) is 16.6. The van der Waals surface area contributed by atoms with Crippen LogP contribution >= 0.6 is 23.2 Å². The van der Waals surface area contributed by atoms with Crippen LogP contribution in [-0.4, -0.2) is 41.5 Å². The van der Waals surface area contributed by atoms with Gasteiger partial charge >= 0.3 is 5.97 Å². The number of amides is 1. The number of rotatable bonds is 4. The molecule has 1 amide bonds. The first-order chi connectivity index (χ1) is 10.9.